The molecule has 3 rings (SSSR count). The van der Waals surface area contributed by atoms with Crippen LogP contribution in [-0.4, -0.2) is 26.5 Å². The first kappa shape index (κ1) is 15.8. The van der Waals surface area contributed by atoms with E-state index in [9.17, 15) is 8.42 Å². The van der Waals surface area contributed by atoms with Gasteiger partial charge >= 0.3 is 0 Å². The maximum absolute atomic E-state index is 12.4. The molecule has 2 aromatic rings. The van der Waals surface area contributed by atoms with Crippen LogP contribution in [0.1, 0.15) is 24.0 Å². The second kappa shape index (κ2) is 6.20. The van der Waals surface area contributed by atoms with Crippen LogP contribution in [0, 0.1) is 13.8 Å². The highest BCUT2D eigenvalue weighted by Gasteiger charge is 2.16. The van der Waals surface area contributed by atoms with Gasteiger partial charge in [-0.1, -0.05) is 6.07 Å². The number of anilines is 2. The summed E-state index contributed by atoms with van der Waals surface area (Å²) in [6.07, 6.45) is 4.12. The summed E-state index contributed by atoms with van der Waals surface area (Å²) in [5.74, 6) is 0.339. The molecule has 0 radical (unpaired) electrons. The van der Waals surface area contributed by atoms with Crippen LogP contribution in [0.4, 0.5) is 11.5 Å². The normalized spacial score (nSPS) is 15.0. The molecule has 0 bridgehead atoms. The maximum atomic E-state index is 12.4. The lowest BCUT2D eigenvalue weighted by molar-refractivity contribution is 0.601. The lowest BCUT2D eigenvalue weighted by atomic mass is 10.1. The van der Waals surface area contributed by atoms with Gasteiger partial charge < -0.3 is 4.90 Å². The standard InChI is InChI=1S/C17H21N3O2S/c1-13-5-7-16(11-14(13)2)23(21,22)19-17-8-6-15(12-18-17)20-9-3-4-10-20/h5-8,11-12H,3-4,9-10H2,1-2H3,(H,18,19). The lowest BCUT2D eigenvalue weighted by Crippen LogP contribution is -2.18. The van der Waals surface area contributed by atoms with E-state index in [1.165, 1.54) is 12.8 Å². The largest absolute Gasteiger partial charge is 0.370 e. The van der Waals surface area contributed by atoms with Crippen molar-refractivity contribution in [3.05, 3.63) is 47.7 Å². The van der Waals surface area contributed by atoms with Crippen LogP contribution in [-0.2, 0) is 10.0 Å². The van der Waals surface area contributed by atoms with Gasteiger partial charge in [0, 0.05) is 13.1 Å². The Hall–Kier alpha value is -2.08. The fourth-order valence-electron chi connectivity index (χ4n) is 2.69. The smallest absolute Gasteiger partial charge is 0.263 e. The molecule has 1 aliphatic rings. The van der Waals surface area contributed by atoms with Crippen molar-refractivity contribution in [2.45, 2.75) is 31.6 Å². The quantitative estimate of drug-likeness (QED) is 0.935. The zero-order valence-electron chi connectivity index (χ0n) is 13.4. The van der Waals surface area contributed by atoms with Crippen molar-refractivity contribution < 1.29 is 8.42 Å². The highest BCUT2D eigenvalue weighted by Crippen LogP contribution is 2.22. The molecule has 0 spiro atoms. The van der Waals surface area contributed by atoms with E-state index >= 15 is 0 Å². The van der Waals surface area contributed by atoms with E-state index in [0.717, 1.165) is 29.9 Å². The van der Waals surface area contributed by atoms with Crippen LogP contribution >= 0.6 is 0 Å². The van der Waals surface area contributed by atoms with Gasteiger partial charge in [-0.15, -0.1) is 0 Å². The van der Waals surface area contributed by atoms with Crippen LogP contribution in [0.15, 0.2) is 41.4 Å². The molecule has 0 saturated carbocycles. The molecule has 0 aliphatic carbocycles. The Labute approximate surface area is 137 Å². The third-order valence-corrected chi connectivity index (χ3v) is 5.60. The maximum Gasteiger partial charge on any atom is 0.263 e. The topological polar surface area (TPSA) is 62.3 Å². The molecular formula is C17H21N3O2S. The van der Waals surface area contributed by atoms with E-state index in [1.54, 1.807) is 24.4 Å². The molecule has 6 heteroatoms. The predicted molar refractivity (Wildman–Crippen MR) is 92.4 cm³/mol. The first-order valence-electron chi connectivity index (χ1n) is 7.77. The molecule has 1 fully saturated rings. The molecule has 2 heterocycles. The molecule has 1 aromatic heterocycles. The number of aromatic nitrogens is 1. The van der Waals surface area contributed by atoms with E-state index < -0.39 is 10.0 Å². The molecule has 1 saturated heterocycles. The Morgan fingerprint density at radius 3 is 2.39 bits per heavy atom. The molecule has 0 amide bonds. The number of pyridine rings is 1. The number of hydrogen-bond acceptors (Lipinski definition) is 4. The first-order valence-corrected chi connectivity index (χ1v) is 9.25. The minimum atomic E-state index is -3.61. The Kier molecular flexibility index (Phi) is 4.26. The summed E-state index contributed by atoms with van der Waals surface area (Å²) in [4.78, 5) is 6.76. The molecule has 1 aromatic carbocycles. The number of aryl methyl sites for hydroxylation is 2. The molecule has 0 unspecified atom stereocenters. The molecule has 122 valence electrons. The predicted octanol–water partition coefficient (Wildman–Crippen LogP) is 3.10. The van der Waals surface area contributed by atoms with Crippen molar-refractivity contribution >= 4 is 21.5 Å². The average Bonchev–Trinajstić information content (AvgIpc) is 3.04. The third-order valence-electron chi connectivity index (χ3n) is 4.25. The van der Waals surface area contributed by atoms with Crippen molar-refractivity contribution in [1.82, 2.24) is 4.98 Å². The summed E-state index contributed by atoms with van der Waals surface area (Å²) in [5, 5.41) is 0. The van der Waals surface area contributed by atoms with Gasteiger partial charge in [0.05, 0.1) is 16.8 Å². The fourth-order valence-corrected chi connectivity index (χ4v) is 3.78. The second-order valence-electron chi connectivity index (χ2n) is 5.95. The van der Waals surface area contributed by atoms with E-state index in [2.05, 4.69) is 14.6 Å². The molecule has 5 nitrogen and oxygen atoms in total. The van der Waals surface area contributed by atoms with E-state index in [-0.39, 0.29) is 4.90 Å². The van der Waals surface area contributed by atoms with Crippen molar-refractivity contribution in [1.29, 1.82) is 0 Å². The Morgan fingerprint density at radius 1 is 1.04 bits per heavy atom. The monoisotopic (exact) mass is 331 g/mol. The Balaban J connectivity index is 1.78. The zero-order valence-corrected chi connectivity index (χ0v) is 14.2. The van der Waals surface area contributed by atoms with E-state index in [1.807, 2.05) is 26.0 Å². The van der Waals surface area contributed by atoms with Crippen LogP contribution < -0.4 is 9.62 Å². The number of nitrogens with one attached hydrogen (secondary N) is 1. The minimum Gasteiger partial charge on any atom is -0.370 e. The molecule has 1 aliphatic heterocycles. The van der Waals surface area contributed by atoms with Gasteiger partial charge in [0.15, 0.2) is 0 Å². The number of nitrogens with zero attached hydrogens (tertiary/aromatic N) is 2. The summed E-state index contributed by atoms with van der Waals surface area (Å²) < 4.78 is 27.4. The van der Waals surface area contributed by atoms with Gasteiger partial charge in [-0.3, -0.25) is 4.72 Å². The van der Waals surface area contributed by atoms with Crippen molar-refractivity contribution in [2.75, 3.05) is 22.7 Å². The number of benzene rings is 1. The van der Waals surface area contributed by atoms with Gasteiger partial charge in [-0.25, -0.2) is 13.4 Å². The van der Waals surface area contributed by atoms with Crippen molar-refractivity contribution in [2.24, 2.45) is 0 Å². The summed E-state index contributed by atoms with van der Waals surface area (Å²) in [7, 11) is -3.61. The van der Waals surface area contributed by atoms with Gasteiger partial charge in [-0.2, -0.15) is 0 Å². The van der Waals surface area contributed by atoms with Crippen LogP contribution in [0.25, 0.3) is 0 Å². The SMILES string of the molecule is Cc1ccc(S(=O)(=O)Nc2ccc(N3CCCC3)cn2)cc1C. The average molecular weight is 331 g/mol. The minimum absolute atomic E-state index is 0.256. The van der Waals surface area contributed by atoms with E-state index in [4.69, 9.17) is 0 Å². The molecule has 1 N–H and O–H groups in total. The van der Waals surface area contributed by atoms with E-state index in [0.29, 0.717) is 5.82 Å². The molecule has 23 heavy (non-hydrogen) atoms. The highest BCUT2D eigenvalue weighted by atomic mass is 32.2. The van der Waals surface area contributed by atoms with Crippen LogP contribution in [0.5, 0.6) is 0 Å². The summed E-state index contributed by atoms with van der Waals surface area (Å²) in [6.45, 7) is 5.93. The number of sulfonamides is 1. The highest BCUT2D eigenvalue weighted by molar-refractivity contribution is 7.92. The summed E-state index contributed by atoms with van der Waals surface area (Å²) >= 11 is 0. The van der Waals surface area contributed by atoms with Crippen LogP contribution in [0.2, 0.25) is 0 Å². The zero-order chi connectivity index (χ0) is 16.4. The van der Waals surface area contributed by atoms with Crippen molar-refractivity contribution in [3.63, 3.8) is 0 Å². The summed E-state index contributed by atoms with van der Waals surface area (Å²) in [5.41, 5.74) is 3.05. The Morgan fingerprint density at radius 2 is 1.78 bits per heavy atom. The van der Waals surface area contributed by atoms with Gasteiger partial charge in [0.1, 0.15) is 5.82 Å². The van der Waals surface area contributed by atoms with Crippen LogP contribution in [0.3, 0.4) is 0 Å². The Bertz CT molecular complexity index is 795. The van der Waals surface area contributed by atoms with Gasteiger partial charge in [-0.05, 0) is 62.1 Å². The second-order valence-corrected chi connectivity index (χ2v) is 7.63. The van der Waals surface area contributed by atoms with Gasteiger partial charge in [0.2, 0.25) is 0 Å². The summed E-state index contributed by atoms with van der Waals surface area (Å²) in [6, 6.07) is 8.73. The number of rotatable bonds is 4. The first-order chi connectivity index (χ1) is 11.0. The molecule has 0 atom stereocenters. The molecular weight excluding hydrogens is 310 g/mol. The lowest BCUT2D eigenvalue weighted by Gasteiger charge is -2.17. The third kappa shape index (κ3) is 3.47. The van der Waals surface area contributed by atoms with Gasteiger partial charge in [0.25, 0.3) is 10.0 Å². The van der Waals surface area contributed by atoms with Crippen molar-refractivity contribution in [3.8, 4) is 0 Å². The fraction of sp³-hybridized carbons (Fsp3) is 0.353. The number of hydrogen-bond donors (Lipinski definition) is 1.